The number of rotatable bonds is 9. The fraction of sp³-hybridized carbons (Fsp3) is 0.138. The van der Waals surface area contributed by atoms with Gasteiger partial charge in [0.15, 0.2) is 0 Å². The van der Waals surface area contributed by atoms with Crippen molar-refractivity contribution >= 4 is 11.8 Å². The Morgan fingerprint density at radius 1 is 0.861 bits per heavy atom. The number of carbonyl (C=O) groups excluding carboxylic acids is 2. The van der Waals surface area contributed by atoms with Gasteiger partial charge < -0.3 is 20.5 Å². The van der Waals surface area contributed by atoms with Crippen LogP contribution in [0.4, 0.5) is 0 Å². The third kappa shape index (κ3) is 6.14. The highest BCUT2D eigenvalue weighted by Crippen LogP contribution is 2.20. The molecule has 0 spiro atoms. The maximum atomic E-state index is 12.8. The molecule has 0 saturated heterocycles. The van der Waals surface area contributed by atoms with E-state index in [4.69, 9.17) is 4.74 Å². The van der Waals surface area contributed by atoms with E-state index in [1.54, 1.807) is 55.9 Å². The molecular weight excluding hydrogens is 454 g/mol. The van der Waals surface area contributed by atoms with Crippen LogP contribution < -0.4 is 15.4 Å². The maximum Gasteiger partial charge on any atom is 0.251 e. The number of amides is 2. The van der Waals surface area contributed by atoms with Gasteiger partial charge >= 0.3 is 0 Å². The molecule has 1 atom stereocenters. The van der Waals surface area contributed by atoms with Crippen LogP contribution in [-0.4, -0.2) is 35.6 Å². The molecule has 7 nitrogen and oxygen atoms in total. The van der Waals surface area contributed by atoms with Crippen LogP contribution in [0, 0.1) is 0 Å². The average molecular weight is 482 g/mol. The SMILES string of the molecule is COc1cccc(CNC(=O)c2cccc([C@@H](CO)NC(=O)c3ccc(-c4ccncc4)cc3)c2)c1. The van der Waals surface area contributed by atoms with Gasteiger partial charge in [-0.3, -0.25) is 14.6 Å². The van der Waals surface area contributed by atoms with E-state index in [0.29, 0.717) is 23.2 Å². The fourth-order valence-corrected chi connectivity index (χ4v) is 3.80. The van der Waals surface area contributed by atoms with Crippen molar-refractivity contribution in [2.24, 2.45) is 0 Å². The molecule has 4 aromatic rings. The molecule has 36 heavy (non-hydrogen) atoms. The lowest BCUT2D eigenvalue weighted by atomic mass is 10.0. The number of aromatic nitrogens is 1. The summed E-state index contributed by atoms with van der Waals surface area (Å²) < 4.78 is 5.22. The number of aliphatic hydroxyl groups is 1. The molecule has 3 N–H and O–H groups in total. The number of carbonyl (C=O) groups is 2. The number of benzene rings is 3. The van der Waals surface area contributed by atoms with Crippen molar-refractivity contribution in [3.63, 3.8) is 0 Å². The summed E-state index contributed by atoms with van der Waals surface area (Å²) in [4.78, 5) is 29.6. The summed E-state index contributed by atoms with van der Waals surface area (Å²) in [6.07, 6.45) is 3.43. The largest absolute Gasteiger partial charge is 0.497 e. The number of aliphatic hydroxyl groups excluding tert-OH is 1. The first-order valence-corrected chi connectivity index (χ1v) is 11.5. The summed E-state index contributed by atoms with van der Waals surface area (Å²) in [6.45, 7) is 0.0334. The standard InChI is InChI=1S/C29H27N3O4/c1-36-26-7-2-4-20(16-26)18-31-28(34)25-6-3-5-24(17-25)27(19-33)32-29(35)23-10-8-21(9-11-23)22-12-14-30-15-13-22/h2-17,27,33H,18-19H2,1H3,(H,31,34)(H,32,35)/t27-/m1/s1. The van der Waals surface area contributed by atoms with Crippen LogP contribution in [0.15, 0.2) is 97.3 Å². The molecule has 0 aliphatic heterocycles. The fourth-order valence-electron chi connectivity index (χ4n) is 3.80. The Kier molecular flexibility index (Phi) is 8.05. The first-order chi connectivity index (χ1) is 17.6. The third-order valence-corrected chi connectivity index (χ3v) is 5.79. The van der Waals surface area contributed by atoms with E-state index in [0.717, 1.165) is 22.4 Å². The van der Waals surface area contributed by atoms with Crippen LogP contribution in [0.5, 0.6) is 5.75 Å². The maximum absolute atomic E-state index is 12.8. The second kappa shape index (κ2) is 11.8. The van der Waals surface area contributed by atoms with Crippen molar-refractivity contribution in [1.82, 2.24) is 15.6 Å². The number of ether oxygens (including phenoxy) is 1. The van der Waals surface area contributed by atoms with E-state index >= 15 is 0 Å². The summed E-state index contributed by atoms with van der Waals surface area (Å²) in [7, 11) is 1.59. The number of hydrogen-bond acceptors (Lipinski definition) is 5. The van der Waals surface area contributed by atoms with E-state index in [9.17, 15) is 14.7 Å². The molecule has 2 amide bonds. The third-order valence-electron chi connectivity index (χ3n) is 5.79. The van der Waals surface area contributed by atoms with Crippen LogP contribution >= 0.6 is 0 Å². The molecule has 0 bridgehead atoms. The minimum Gasteiger partial charge on any atom is -0.497 e. The summed E-state index contributed by atoms with van der Waals surface area (Å²) in [5.74, 6) is 0.148. The highest BCUT2D eigenvalue weighted by atomic mass is 16.5. The van der Waals surface area contributed by atoms with Crippen LogP contribution in [0.2, 0.25) is 0 Å². The van der Waals surface area contributed by atoms with Gasteiger partial charge in [-0.1, -0.05) is 36.4 Å². The highest BCUT2D eigenvalue weighted by molar-refractivity contribution is 5.95. The summed E-state index contributed by atoms with van der Waals surface area (Å²) >= 11 is 0. The van der Waals surface area contributed by atoms with Gasteiger partial charge in [-0.2, -0.15) is 0 Å². The van der Waals surface area contributed by atoms with E-state index in [1.165, 1.54) is 0 Å². The van der Waals surface area contributed by atoms with Gasteiger partial charge in [0.1, 0.15) is 5.75 Å². The zero-order valence-corrected chi connectivity index (χ0v) is 19.8. The Balaban J connectivity index is 1.41. The number of nitrogens with zero attached hydrogens (tertiary/aromatic N) is 1. The summed E-state index contributed by atoms with van der Waals surface area (Å²) in [5, 5.41) is 15.7. The lowest BCUT2D eigenvalue weighted by Gasteiger charge is -2.18. The monoisotopic (exact) mass is 481 g/mol. The van der Waals surface area contributed by atoms with Gasteiger partial charge in [0, 0.05) is 30.1 Å². The average Bonchev–Trinajstić information content (AvgIpc) is 2.95. The van der Waals surface area contributed by atoms with E-state index in [1.807, 2.05) is 48.5 Å². The Bertz CT molecular complexity index is 1320. The molecule has 0 radical (unpaired) electrons. The second-order valence-electron chi connectivity index (χ2n) is 8.18. The lowest BCUT2D eigenvalue weighted by Crippen LogP contribution is -2.31. The molecule has 0 aliphatic carbocycles. The predicted octanol–water partition coefficient (Wildman–Crippen LogP) is 4.15. The van der Waals surface area contributed by atoms with Crippen LogP contribution in [0.3, 0.4) is 0 Å². The van der Waals surface area contributed by atoms with E-state index in [2.05, 4.69) is 15.6 Å². The normalized spacial score (nSPS) is 11.4. The quantitative estimate of drug-likeness (QED) is 0.333. The zero-order chi connectivity index (χ0) is 25.3. The van der Waals surface area contributed by atoms with Crippen molar-refractivity contribution in [2.45, 2.75) is 12.6 Å². The molecular formula is C29H27N3O4. The van der Waals surface area contributed by atoms with Gasteiger partial charge in [0.2, 0.25) is 0 Å². The molecule has 182 valence electrons. The Morgan fingerprint density at radius 2 is 1.58 bits per heavy atom. The lowest BCUT2D eigenvalue weighted by molar-refractivity contribution is 0.0916. The van der Waals surface area contributed by atoms with Gasteiger partial charge in [0.05, 0.1) is 19.8 Å². The van der Waals surface area contributed by atoms with Crippen molar-refractivity contribution in [1.29, 1.82) is 0 Å². The number of nitrogens with one attached hydrogen (secondary N) is 2. The van der Waals surface area contributed by atoms with Crippen molar-refractivity contribution in [3.8, 4) is 16.9 Å². The van der Waals surface area contributed by atoms with Crippen molar-refractivity contribution in [2.75, 3.05) is 13.7 Å². The minimum absolute atomic E-state index is 0.255. The first-order valence-electron chi connectivity index (χ1n) is 11.5. The van der Waals surface area contributed by atoms with Crippen LogP contribution in [0.25, 0.3) is 11.1 Å². The molecule has 0 aliphatic rings. The molecule has 4 rings (SSSR count). The smallest absolute Gasteiger partial charge is 0.251 e. The van der Waals surface area contributed by atoms with Gasteiger partial charge in [0.25, 0.3) is 11.8 Å². The van der Waals surface area contributed by atoms with E-state index < -0.39 is 6.04 Å². The molecule has 7 heteroatoms. The van der Waals surface area contributed by atoms with Crippen LogP contribution in [0.1, 0.15) is 37.9 Å². The molecule has 1 aromatic heterocycles. The number of hydrogen-bond donors (Lipinski definition) is 3. The molecule has 0 unspecified atom stereocenters. The predicted molar refractivity (Wildman–Crippen MR) is 138 cm³/mol. The van der Waals surface area contributed by atoms with Gasteiger partial charge in [-0.15, -0.1) is 0 Å². The Labute approximate surface area is 209 Å². The molecule has 3 aromatic carbocycles. The van der Waals surface area contributed by atoms with Gasteiger partial charge in [-0.05, 0) is 70.8 Å². The molecule has 0 fully saturated rings. The Hall–Kier alpha value is -4.49. The van der Waals surface area contributed by atoms with Gasteiger partial charge in [-0.25, -0.2) is 0 Å². The second-order valence-corrected chi connectivity index (χ2v) is 8.18. The van der Waals surface area contributed by atoms with Crippen molar-refractivity contribution in [3.05, 3.63) is 120 Å². The number of pyridine rings is 1. The minimum atomic E-state index is -0.663. The Morgan fingerprint density at radius 3 is 2.31 bits per heavy atom. The van der Waals surface area contributed by atoms with E-state index in [-0.39, 0.29) is 18.4 Å². The first kappa shape index (κ1) is 24.6. The summed E-state index contributed by atoms with van der Waals surface area (Å²) in [6, 6.07) is 24.7. The van der Waals surface area contributed by atoms with Crippen molar-refractivity contribution < 1.29 is 19.4 Å². The number of methoxy groups -OCH3 is 1. The highest BCUT2D eigenvalue weighted by Gasteiger charge is 2.17. The molecule has 0 saturated carbocycles. The zero-order valence-electron chi connectivity index (χ0n) is 19.8. The molecule has 1 heterocycles. The topological polar surface area (TPSA) is 101 Å². The van der Waals surface area contributed by atoms with Crippen LogP contribution in [-0.2, 0) is 6.54 Å². The summed E-state index contributed by atoms with van der Waals surface area (Å²) in [5.41, 5.74) is 4.43.